The molecule has 16 aromatic rings. The van der Waals surface area contributed by atoms with Crippen molar-refractivity contribution in [1.82, 2.24) is 59.1 Å². The minimum atomic E-state index is -2.61. The Hall–Kier alpha value is -12.3. The zero-order valence-electron chi connectivity index (χ0n) is 61.3. The number of fused-ring (bicyclic) bond motifs is 12. The lowest BCUT2D eigenvalue weighted by Crippen LogP contribution is -2.15. The molecule has 92 heavy (non-hydrogen) atoms. The SMILES string of the molecule is [2H]C([2H])([2H])Oc1ccc(-n2[nH]c3c(cnc4cc(C)ccc43)c2=O)cc1.[2H]C([2H])([2H])Oc1ccc(-n2[nH]c3c(cnc4cc(C)ccc43)c2=O)cc1.[2H]C([2H])([2H])Oc1cccc(-n2[nH]c3c(cnc4cc(C)ccc43)c2=O)c1.[2H]C([2H])([2H])Oc1ccccc1-n1[nH]c2c(cnc3cc(C)ccc32)c1=O. The van der Waals surface area contributed by atoms with Gasteiger partial charge in [0.2, 0.25) is 0 Å². The molecule has 0 fully saturated rings. The first-order valence-corrected chi connectivity index (χ1v) is 28.5. The highest BCUT2D eigenvalue weighted by atomic mass is 16.5. The highest BCUT2D eigenvalue weighted by molar-refractivity contribution is 6.05. The average Bonchev–Trinajstić information content (AvgIpc) is 1.64. The molecule has 0 bridgehead atoms. The van der Waals surface area contributed by atoms with Gasteiger partial charge in [0.05, 0.1) is 127 Å². The van der Waals surface area contributed by atoms with Crippen molar-refractivity contribution >= 4 is 87.2 Å². The number of benzene rings is 8. The van der Waals surface area contributed by atoms with Gasteiger partial charge in [0.25, 0.3) is 22.2 Å². The zero-order valence-corrected chi connectivity index (χ0v) is 49.3. The summed E-state index contributed by atoms with van der Waals surface area (Å²) in [5.74, 6) is 0.668. The summed E-state index contributed by atoms with van der Waals surface area (Å²) in [6.45, 7) is 7.93. The van der Waals surface area contributed by atoms with Crippen LogP contribution >= 0.6 is 0 Å². The first kappa shape index (κ1) is 45.9. The molecule has 0 saturated carbocycles. The van der Waals surface area contributed by atoms with Gasteiger partial charge in [-0.25, -0.2) is 18.7 Å². The van der Waals surface area contributed by atoms with Crippen LogP contribution in [0.2, 0.25) is 0 Å². The second-order valence-corrected chi connectivity index (χ2v) is 21.6. The number of rotatable bonds is 8. The van der Waals surface area contributed by atoms with Crippen LogP contribution < -0.4 is 41.2 Å². The molecule has 20 nitrogen and oxygen atoms in total. The molecule has 0 aliphatic rings. The van der Waals surface area contributed by atoms with Crippen molar-refractivity contribution in [2.45, 2.75) is 27.7 Å². The van der Waals surface area contributed by atoms with Crippen LogP contribution in [0.3, 0.4) is 0 Å². The lowest BCUT2D eigenvalue weighted by atomic mass is 10.1. The van der Waals surface area contributed by atoms with Crippen LogP contribution in [0.1, 0.15) is 38.7 Å². The van der Waals surface area contributed by atoms with Crippen LogP contribution in [-0.4, -0.2) is 87.2 Å². The summed E-state index contributed by atoms with van der Waals surface area (Å²) in [7, 11) is -10.2. The standard InChI is InChI=1S/4C18H15N3O2/c2*1-11-3-8-14-16(9-11)19-10-15-17(14)20-21(18(15)22)12-4-6-13(23-2)7-5-12;1-11-6-7-14-16(8-11)19-10-15-17(14)20-21(18(15)22)12-4-3-5-13(9-12)23-2;1-11-7-8-12-14(9-11)19-10-13-17(12)20-21(18(13)22)15-5-3-4-6-16(15)23-2/h4*3-10,20H,1-2H3/i4*2D3. The van der Waals surface area contributed by atoms with Gasteiger partial charge in [-0.05, 0) is 147 Å². The van der Waals surface area contributed by atoms with Crippen molar-refractivity contribution < 1.29 is 35.4 Å². The molecule has 0 aliphatic heterocycles. The number of methoxy groups -OCH3 is 4. The number of ether oxygens (including phenoxy) is 4. The van der Waals surface area contributed by atoms with E-state index in [2.05, 4.69) is 40.3 Å². The molecule has 0 atom stereocenters. The smallest absolute Gasteiger partial charge is 0.280 e. The van der Waals surface area contributed by atoms with Crippen molar-refractivity contribution in [3.05, 3.63) is 258 Å². The highest BCUT2D eigenvalue weighted by Crippen LogP contribution is 2.29. The van der Waals surface area contributed by atoms with Gasteiger partial charge in [-0.2, -0.15) is 0 Å². The van der Waals surface area contributed by atoms with Gasteiger partial charge in [0, 0.05) is 52.4 Å². The fourth-order valence-electron chi connectivity index (χ4n) is 10.9. The topological polar surface area (TPSA) is 240 Å². The number of aromatic amines is 4. The van der Waals surface area contributed by atoms with E-state index in [1.807, 2.05) is 100 Å². The second kappa shape index (κ2) is 24.3. The largest absolute Gasteiger partial charge is 0.497 e. The molecule has 8 aromatic carbocycles. The van der Waals surface area contributed by atoms with E-state index in [1.165, 1.54) is 67.4 Å². The molecule has 0 amide bonds. The van der Waals surface area contributed by atoms with E-state index in [4.69, 9.17) is 35.4 Å². The van der Waals surface area contributed by atoms with Gasteiger partial charge in [-0.15, -0.1) is 0 Å². The van der Waals surface area contributed by atoms with Crippen LogP contribution in [0.4, 0.5) is 0 Å². The van der Waals surface area contributed by atoms with Crippen molar-refractivity contribution in [2.24, 2.45) is 0 Å². The van der Waals surface area contributed by atoms with E-state index in [1.54, 1.807) is 73.2 Å². The average molecular weight is 1230 g/mol. The molecule has 8 aromatic heterocycles. The summed E-state index contributed by atoms with van der Waals surface area (Å²) in [5.41, 5.74) is 11.2. The Labute approximate surface area is 539 Å². The Kier molecular flexibility index (Phi) is 12.1. The molecule has 16 rings (SSSR count). The number of hydrogen-bond donors (Lipinski definition) is 4. The fourth-order valence-corrected chi connectivity index (χ4v) is 10.9. The second-order valence-electron chi connectivity index (χ2n) is 21.6. The third-order valence-corrected chi connectivity index (χ3v) is 15.6. The summed E-state index contributed by atoms with van der Waals surface area (Å²) >= 11 is 0. The molecule has 456 valence electrons. The number of pyridine rings is 4. The van der Waals surface area contributed by atoms with Gasteiger partial charge in [0.15, 0.2) is 0 Å². The molecule has 0 spiro atoms. The van der Waals surface area contributed by atoms with Crippen LogP contribution in [-0.2, 0) is 0 Å². The molecule has 4 N–H and O–H groups in total. The molecule has 8 heterocycles. The summed E-state index contributed by atoms with van der Waals surface area (Å²) in [5, 5.41) is 17.7. The Balaban J connectivity index is 0.000000123. The minimum absolute atomic E-state index is 0.0919. The number of hydrogen-bond acceptors (Lipinski definition) is 12. The Morgan fingerprint density at radius 2 is 0.674 bits per heavy atom. The van der Waals surface area contributed by atoms with Crippen molar-refractivity contribution in [1.29, 1.82) is 0 Å². The monoisotopic (exact) mass is 1230 g/mol. The maximum atomic E-state index is 12.9. The van der Waals surface area contributed by atoms with E-state index >= 15 is 0 Å². The van der Waals surface area contributed by atoms with Crippen LogP contribution in [0, 0.1) is 27.7 Å². The molecule has 0 aliphatic carbocycles. The highest BCUT2D eigenvalue weighted by Gasteiger charge is 2.18. The van der Waals surface area contributed by atoms with Crippen LogP contribution in [0.25, 0.3) is 110 Å². The Morgan fingerprint density at radius 1 is 0.326 bits per heavy atom. The van der Waals surface area contributed by atoms with Crippen molar-refractivity contribution in [3.8, 4) is 45.7 Å². The van der Waals surface area contributed by atoms with Crippen molar-refractivity contribution in [3.63, 3.8) is 0 Å². The fraction of sp³-hybridized carbons (Fsp3) is 0.111. The number of nitrogens with zero attached hydrogens (tertiary/aromatic N) is 8. The molecule has 20 heteroatoms. The van der Waals surface area contributed by atoms with E-state index in [9.17, 15) is 19.2 Å². The number of aryl methyl sites for hydroxylation is 4. The summed E-state index contributed by atoms with van der Waals surface area (Å²) in [4.78, 5) is 68.6. The Morgan fingerprint density at radius 3 is 1.07 bits per heavy atom. The van der Waals surface area contributed by atoms with E-state index in [0.29, 0.717) is 66.4 Å². The summed E-state index contributed by atoms with van der Waals surface area (Å²) in [6, 6.07) is 48.8. The van der Waals surface area contributed by atoms with Gasteiger partial charge in [-0.3, -0.25) is 59.5 Å². The van der Waals surface area contributed by atoms with Crippen molar-refractivity contribution in [2.75, 3.05) is 28.2 Å². The normalized spacial score (nSPS) is 13.7. The molecular formula is C72H60N12O8. The summed E-state index contributed by atoms with van der Waals surface area (Å²) < 4.78 is 111. The van der Waals surface area contributed by atoms with Gasteiger partial charge >= 0.3 is 0 Å². The number of para-hydroxylation sites is 2. The predicted molar refractivity (Wildman–Crippen MR) is 362 cm³/mol. The number of nitrogens with one attached hydrogen (secondary N) is 4. The lowest BCUT2D eigenvalue weighted by Gasteiger charge is -2.07. The quantitative estimate of drug-likeness (QED) is 0.111. The number of aromatic nitrogens is 12. The maximum Gasteiger partial charge on any atom is 0.280 e. The van der Waals surface area contributed by atoms with E-state index in [0.717, 1.165) is 65.9 Å². The predicted octanol–water partition coefficient (Wildman–Crippen LogP) is 12.7. The third kappa shape index (κ3) is 10.9. The number of H-pyrrole nitrogens is 4. The van der Waals surface area contributed by atoms with Gasteiger partial charge in [0.1, 0.15) is 28.7 Å². The van der Waals surface area contributed by atoms with Gasteiger partial charge < -0.3 is 18.9 Å². The molecule has 0 unspecified atom stereocenters. The Bertz CT molecular complexity index is 6060. The van der Waals surface area contributed by atoms with Gasteiger partial charge in [-0.1, -0.05) is 66.7 Å². The van der Waals surface area contributed by atoms with E-state index in [-0.39, 0.29) is 45.2 Å². The molecular weight excluding hydrogens is 1160 g/mol. The summed E-state index contributed by atoms with van der Waals surface area (Å²) in [6.07, 6.45) is 6.21. The third-order valence-electron chi connectivity index (χ3n) is 15.6. The lowest BCUT2D eigenvalue weighted by molar-refractivity contribution is 0.411. The maximum absolute atomic E-state index is 12.9. The van der Waals surface area contributed by atoms with E-state index < -0.39 is 28.2 Å². The van der Waals surface area contributed by atoms with Crippen LogP contribution in [0.5, 0.6) is 23.0 Å². The molecule has 0 radical (unpaired) electrons. The first-order chi connectivity index (χ1) is 49.3. The zero-order chi connectivity index (χ0) is 73.9. The van der Waals surface area contributed by atoms with Crippen LogP contribution in [0.15, 0.2) is 214 Å². The first-order valence-electron chi connectivity index (χ1n) is 34.5. The molecule has 0 saturated heterocycles. The minimum Gasteiger partial charge on any atom is -0.497 e.